The standard InChI is InChI=1S/C6H7N3O4S.C6H7N3O2S/c10-9(11)6-3-5-4-14(12,13)2-1-8(5)7-6;10-9(11)6-3-5-4-12-2-1-8(5)7-6/h3H,1-2,4H2;3H,1-2,4H2. The molecule has 12 nitrogen and oxygen atoms in total. The highest BCUT2D eigenvalue weighted by atomic mass is 32.2. The molecule has 0 saturated heterocycles. The predicted molar refractivity (Wildman–Crippen MR) is 91.4 cm³/mol. The Balaban J connectivity index is 0.000000152. The molecule has 26 heavy (non-hydrogen) atoms. The minimum absolute atomic E-state index is 0.00116. The molecular weight excluding hydrogens is 388 g/mol. The van der Waals surface area contributed by atoms with Crippen molar-refractivity contribution in [2.45, 2.75) is 24.6 Å². The minimum Gasteiger partial charge on any atom is -0.358 e. The van der Waals surface area contributed by atoms with E-state index in [0.29, 0.717) is 5.69 Å². The molecule has 0 aromatic carbocycles. The van der Waals surface area contributed by atoms with Gasteiger partial charge in [-0.25, -0.2) is 8.42 Å². The first-order valence-corrected chi connectivity index (χ1v) is 10.4. The van der Waals surface area contributed by atoms with Gasteiger partial charge in [-0.1, -0.05) is 0 Å². The van der Waals surface area contributed by atoms with E-state index in [1.807, 2.05) is 0 Å². The van der Waals surface area contributed by atoms with E-state index in [-0.39, 0.29) is 29.7 Å². The van der Waals surface area contributed by atoms with E-state index in [1.54, 1.807) is 22.5 Å². The summed E-state index contributed by atoms with van der Waals surface area (Å²) in [5.41, 5.74) is 1.35. The molecule has 0 radical (unpaired) electrons. The number of nitrogens with zero attached hydrogens (tertiary/aromatic N) is 6. The summed E-state index contributed by atoms with van der Waals surface area (Å²) in [4.78, 5) is 19.6. The highest BCUT2D eigenvalue weighted by Gasteiger charge is 2.27. The lowest BCUT2D eigenvalue weighted by atomic mass is 10.4. The van der Waals surface area contributed by atoms with Gasteiger partial charge < -0.3 is 20.2 Å². The number of fused-ring (bicyclic) bond motifs is 2. The molecule has 2 aromatic heterocycles. The van der Waals surface area contributed by atoms with Gasteiger partial charge in [-0.05, 0) is 9.85 Å². The van der Waals surface area contributed by atoms with Gasteiger partial charge >= 0.3 is 11.6 Å². The number of nitro groups is 2. The number of rotatable bonds is 2. The maximum absolute atomic E-state index is 11.2. The van der Waals surface area contributed by atoms with Crippen LogP contribution in [0.1, 0.15) is 11.4 Å². The van der Waals surface area contributed by atoms with Gasteiger partial charge in [-0.15, -0.1) is 0 Å². The van der Waals surface area contributed by atoms with Crippen LogP contribution in [0.3, 0.4) is 0 Å². The number of aryl methyl sites for hydroxylation is 2. The van der Waals surface area contributed by atoms with Crippen LogP contribution in [-0.2, 0) is 34.4 Å². The van der Waals surface area contributed by atoms with Crippen LogP contribution in [0, 0.1) is 20.2 Å². The van der Waals surface area contributed by atoms with Crippen LogP contribution < -0.4 is 0 Å². The molecule has 2 aliphatic rings. The fourth-order valence-corrected chi connectivity index (χ4v) is 4.70. The average Bonchev–Trinajstić information content (AvgIpc) is 3.17. The molecule has 0 aliphatic carbocycles. The van der Waals surface area contributed by atoms with Crippen molar-refractivity contribution in [3.05, 3.63) is 43.7 Å². The molecule has 0 atom stereocenters. The summed E-state index contributed by atoms with van der Waals surface area (Å²) in [7, 11) is -3.09. The Morgan fingerprint density at radius 1 is 1.00 bits per heavy atom. The Labute approximate surface area is 151 Å². The van der Waals surface area contributed by atoms with E-state index in [1.165, 1.54) is 10.7 Å². The zero-order valence-electron chi connectivity index (χ0n) is 13.3. The van der Waals surface area contributed by atoms with E-state index in [4.69, 9.17) is 0 Å². The molecule has 2 aliphatic heterocycles. The minimum atomic E-state index is -3.09. The van der Waals surface area contributed by atoms with Gasteiger partial charge in [0, 0.05) is 11.5 Å². The molecule has 4 heterocycles. The highest BCUT2D eigenvalue weighted by molar-refractivity contribution is 7.98. The Morgan fingerprint density at radius 3 is 2.15 bits per heavy atom. The van der Waals surface area contributed by atoms with E-state index in [0.717, 1.165) is 23.7 Å². The monoisotopic (exact) mass is 402 g/mol. The quantitative estimate of drug-likeness (QED) is 0.522. The van der Waals surface area contributed by atoms with Crippen LogP contribution in [-0.4, -0.2) is 49.3 Å². The van der Waals surface area contributed by atoms with Gasteiger partial charge in [0.1, 0.15) is 0 Å². The molecule has 0 spiro atoms. The molecule has 0 fully saturated rings. The largest absolute Gasteiger partial charge is 0.390 e. The summed E-state index contributed by atoms with van der Waals surface area (Å²) in [6.07, 6.45) is 0. The van der Waals surface area contributed by atoms with Crippen LogP contribution in [0.5, 0.6) is 0 Å². The molecule has 0 saturated carbocycles. The van der Waals surface area contributed by atoms with Gasteiger partial charge in [-0.3, -0.25) is 0 Å². The molecule has 140 valence electrons. The number of hydrogen-bond acceptors (Lipinski definition) is 9. The first-order chi connectivity index (χ1) is 12.2. The fourth-order valence-electron chi connectivity index (χ4n) is 2.53. The fraction of sp³-hybridized carbons (Fsp3) is 0.500. The topological polar surface area (TPSA) is 156 Å². The summed E-state index contributed by atoms with van der Waals surface area (Å²) in [6, 6.07) is 2.75. The first-order valence-electron chi connectivity index (χ1n) is 7.45. The second kappa shape index (κ2) is 7.03. The Bertz CT molecular complexity index is 942. The smallest absolute Gasteiger partial charge is 0.358 e. The maximum atomic E-state index is 11.2. The van der Waals surface area contributed by atoms with Gasteiger partial charge in [0.15, 0.2) is 9.84 Å². The maximum Gasteiger partial charge on any atom is 0.390 e. The van der Waals surface area contributed by atoms with Gasteiger partial charge in [0.05, 0.1) is 58.3 Å². The number of hydrogen-bond donors (Lipinski definition) is 0. The van der Waals surface area contributed by atoms with Crippen molar-refractivity contribution < 1.29 is 18.3 Å². The average molecular weight is 402 g/mol. The van der Waals surface area contributed by atoms with Gasteiger partial charge in [-0.2, -0.15) is 21.1 Å². The molecule has 0 amide bonds. The SMILES string of the molecule is O=[N+]([O-])c1cc2n(n1)CCS(=O)(=O)C2.O=[N+]([O-])c1cc2n(n1)CCSC2. The van der Waals surface area contributed by atoms with E-state index in [2.05, 4.69) is 10.2 Å². The van der Waals surface area contributed by atoms with Crippen molar-refractivity contribution in [3.63, 3.8) is 0 Å². The zero-order valence-corrected chi connectivity index (χ0v) is 15.0. The first kappa shape index (κ1) is 18.3. The van der Waals surface area contributed by atoms with Crippen molar-refractivity contribution in [2.75, 3.05) is 11.5 Å². The van der Waals surface area contributed by atoms with Crippen LogP contribution in [0.15, 0.2) is 12.1 Å². The van der Waals surface area contributed by atoms with E-state index < -0.39 is 19.7 Å². The molecule has 2 aromatic rings. The van der Waals surface area contributed by atoms with Crippen molar-refractivity contribution in [2.24, 2.45) is 0 Å². The van der Waals surface area contributed by atoms with Crippen LogP contribution in [0.4, 0.5) is 11.6 Å². The second-order valence-corrected chi connectivity index (χ2v) is 8.88. The third kappa shape index (κ3) is 4.01. The lowest BCUT2D eigenvalue weighted by Crippen LogP contribution is -2.23. The van der Waals surface area contributed by atoms with Crippen molar-refractivity contribution in [1.29, 1.82) is 0 Å². The normalized spacial score (nSPS) is 17.4. The van der Waals surface area contributed by atoms with Crippen LogP contribution in [0.25, 0.3) is 0 Å². The highest BCUT2D eigenvalue weighted by Crippen LogP contribution is 2.22. The van der Waals surface area contributed by atoms with Crippen LogP contribution in [0.2, 0.25) is 0 Å². The van der Waals surface area contributed by atoms with Crippen LogP contribution >= 0.6 is 11.8 Å². The van der Waals surface area contributed by atoms with E-state index >= 15 is 0 Å². The molecule has 14 heteroatoms. The summed E-state index contributed by atoms with van der Waals surface area (Å²) < 4.78 is 25.5. The molecule has 0 bridgehead atoms. The Hall–Kier alpha value is -2.48. The number of sulfone groups is 1. The van der Waals surface area contributed by atoms with Gasteiger partial charge in [0.2, 0.25) is 0 Å². The summed E-state index contributed by atoms with van der Waals surface area (Å²) >= 11 is 1.78. The van der Waals surface area contributed by atoms with Crippen molar-refractivity contribution in [3.8, 4) is 0 Å². The number of thioether (sulfide) groups is 1. The Kier molecular flexibility index (Phi) is 4.95. The summed E-state index contributed by atoms with van der Waals surface area (Å²) in [5.74, 6) is 1.34. The zero-order chi connectivity index (χ0) is 18.9. The summed E-state index contributed by atoms with van der Waals surface area (Å²) in [6.45, 7) is 0.985. The number of aromatic nitrogens is 4. The molecule has 0 N–H and O–H groups in total. The lowest BCUT2D eigenvalue weighted by Gasteiger charge is -2.09. The molecular formula is C12H14N6O6S2. The third-order valence-corrected chi connectivity index (χ3v) is 6.27. The Morgan fingerprint density at radius 2 is 1.58 bits per heavy atom. The summed E-state index contributed by atoms with van der Waals surface area (Å²) in [5, 5.41) is 28.2. The van der Waals surface area contributed by atoms with E-state index in [9.17, 15) is 28.6 Å². The lowest BCUT2D eigenvalue weighted by molar-refractivity contribution is -0.390. The molecule has 0 unspecified atom stereocenters. The molecule has 4 rings (SSSR count). The predicted octanol–water partition coefficient (Wildman–Crippen LogP) is 0.758. The second-order valence-electron chi connectivity index (χ2n) is 5.59. The third-order valence-electron chi connectivity index (χ3n) is 3.75. The van der Waals surface area contributed by atoms with Gasteiger partial charge in [0.25, 0.3) is 0 Å². The van der Waals surface area contributed by atoms with Crippen molar-refractivity contribution in [1.82, 2.24) is 19.6 Å². The van der Waals surface area contributed by atoms with Crippen molar-refractivity contribution >= 4 is 33.2 Å².